The van der Waals surface area contributed by atoms with Gasteiger partial charge in [-0.15, -0.1) is 0 Å². The van der Waals surface area contributed by atoms with Gasteiger partial charge in [0.15, 0.2) is 17.3 Å². The first kappa shape index (κ1) is 21.2. The lowest BCUT2D eigenvalue weighted by Crippen LogP contribution is -2.31. The number of hydrogen-bond acceptors (Lipinski definition) is 5. The van der Waals surface area contributed by atoms with E-state index in [-0.39, 0.29) is 28.6 Å². The minimum absolute atomic E-state index is 0.127. The van der Waals surface area contributed by atoms with Gasteiger partial charge in [0, 0.05) is 0 Å². The number of rotatable bonds is 6. The zero-order chi connectivity index (χ0) is 21.9. The third-order valence-electron chi connectivity index (χ3n) is 5.01. The number of fused-ring (bicyclic) bond motifs is 1. The zero-order valence-corrected chi connectivity index (χ0v) is 17.3. The van der Waals surface area contributed by atoms with Gasteiger partial charge in [0.2, 0.25) is 0 Å². The molecule has 0 amide bonds. The van der Waals surface area contributed by atoms with Crippen molar-refractivity contribution in [2.45, 2.75) is 39.2 Å². The Labute approximate surface area is 176 Å². The third kappa shape index (κ3) is 4.74. The Morgan fingerprint density at radius 1 is 1.10 bits per heavy atom. The number of carbonyl (C=O) groups is 1. The van der Waals surface area contributed by atoms with Crippen molar-refractivity contribution in [1.29, 1.82) is 0 Å². The third-order valence-corrected chi connectivity index (χ3v) is 5.01. The standard InChI is InChI=1S/C25H26O5/c1-16(2)5-4-13-25(3)14-12-19-23(30-25)11-8-18(24(19)29)20(26)9-6-17-7-10-21(27)22(28)15-17/h5-12,14-15,27-29H,4,13H2,1-3H3/b9-6+/t25-/m0/s1. The van der Waals surface area contributed by atoms with Crippen molar-refractivity contribution in [2.24, 2.45) is 0 Å². The molecule has 0 aromatic heterocycles. The van der Waals surface area contributed by atoms with E-state index in [1.165, 1.54) is 29.9 Å². The molecule has 3 rings (SSSR count). The van der Waals surface area contributed by atoms with E-state index < -0.39 is 5.60 Å². The summed E-state index contributed by atoms with van der Waals surface area (Å²) < 4.78 is 6.11. The molecule has 1 aliphatic heterocycles. The molecule has 30 heavy (non-hydrogen) atoms. The topological polar surface area (TPSA) is 87.0 Å². The Bertz CT molecular complexity index is 1060. The van der Waals surface area contributed by atoms with Crippen molar-refractivity contribution in [2.75, 3.05) is 0 Å². The van der Waals surface area contributed by atoms with E-state index in [1.807, 2.05) is 13.0 Å². The van der Waals surface area contributed by atoms with Crippen LogP contribution in [0.1, 0.15) is 55.1 Å². The molecule has 0 spiro atoms. The minimum Gasteiger partial charge on any atom is -0.506 e. The first-order valence-corrected chi connectivity index (χ1v) is 9.80. The molecule has 5 nitrogen and oxygen atoms in total. The predicted molar refractivity (Wildman–Crippen MR) is 118 cm³/mol. The van der Waals surface area contributed by atoms with E-state index in [2.05, 4.69) is 19.9 Å². The van der Waals surface area contributed by atoms with E-state index in [9.17, 15) is 20.1 Å². The molecule has 0 aliphatic carbocycles. The molecule has 0 fully saturated rings. The molecule has 5 heteroatoms. The smallest absolute Gasteiger partial charge is 0.189 e. The molecule has 0 saturated carbocycles. The van der Waals surface area contributed by atoms with Gasteiger partial charge < -0.3 is 20.1 Å². The van der Waals surface area contributed by atoms with Crippen LogP contribution in [0, 0.1) is 0 Å². The van der Waals surface area contributed by atoms with Gasteiger partial charge in [0.05, 0.1) is 11.1 Å². The lowest BCUT2D eigenvalue weighted by atomic mass is 9.93. The van der Waals surface area contributed by atoms with Gasteiger partial charge >= 0.3 is 0 Å². The van der Waals surface area contributed by atoms with Gasteiger partial charge in [-0.3, -0.25) is 4.79 Å². The van der Waals surface area contributed by atoms with Crippen molar-refractivity contribution in [3.05, 3.63) is 70.8 Å². The van der Waals surface area contributed by atoms with Crippen LogP contribution in [-0.2, 0) is 0 Å². The molecule has 2 aromatic rings. The quantitative estimate of drug-likeness (QED) is 0.251. The van der Waals surface area contributed by atoms with Crippen molar-refractivity contribution < 1.29 is 24.9 Å². The molecule has 156 valence electrons. The van der Waals surface area contributed by atoms with Crippen LogP contribution in [0.2, 0.25) is 0 Å². The van der Waals surface area contributed by atoms with Gasteiger partial charge in [-0.05, 0) is 81.7 Å². The van der Waals surface area contributed by atoms with Crippen LogP contribution in [0.25, 0.3) is 12.2 Å². The summed E-state index contributed by atoms with van der Waals surface area (Å²) in [7, 11) is 0. The summed E-state index contributed by atoms with van der Waals surface area (Å²) in [4.78, 5) is 12.6. The van der Waals surface area contributed by atoms with Crippen molar-refractivity contribution in [3.8, 4) is 23.0 Å². The number of hydrogen-bond donors (Lipinski definition) is 3. The number of phenolic OH excluding ortho intramolecular Hbond substituents is 3. The highest BCUT2D eigenvalue weighted by Gasteiger charge is 2.29. The number of phenols is 3. The number of allylic oxidation sites excluding steroid dienone is 3. The first-order chi connectivity index (χ1) is 14.2. The first-order valence-electron chi connectivity index (χ1n) is 9.80. The molecule has 0 saturated heterocycles. The summed E-state index contributed by atoms with van der Waals surface area (Å²) in [6, 6.07) is 7.50. The average Bonchev–Trinajstić information content (AvgIpc) is 2.68. The largest absolute Gasteiger partial charge is 0.506 e. The maximum atomic E-state index is 12.6. The fourth-order valence-corrected chi connectivity index (χ4v) is 3.27. The number of ketones is 1. The Morgan fingerprint density at radius 3 is 2.57 bits per heavy atom. The molecule has 3 N–H and O–H groups in total. The summed E-state index contributed by atoms with van der Waals surface area (Å²) in [6.45, 7) is 6.12. The van der Waals surface area contributed by atoms with E-state index in [4.69, 9.17) is 4.74 Å². The van der Waals surface area contributed by atoms with Gasteiger partial charge in [0.25, 0.3) is 0 Å². The lowest BCUT2D eigenvalue weighted by molar-refractivity contribution is 0.104. The zero-order valence-electron chi connectivity index (χ0n) is 17.3. The van der Waals surface area contributed by atoms with Crippen LogP contribution >= 0.6 is 0 Å². The molecular formula is C25H26O5. The lowest BCUT2D eigenvalue weighted by Gasteiger charge is -2.32. The average molecular weight is 406 g/mol. The van der Waals surface area contributed by atoms with Gasteiger partial charge in [0.1, 0.15) is 17.1 Å². The van der Waals surface area contributed by atoms with Crippen molar-refractivity contribution >= 4 is 17.9 Å². The molecular weight excluding hydrogens is 380 g/mol. The Hall–Kier alpha value is -3.47. The van der Waals surface area contributed by atoms with E-state index in [0.717, 1.165) is 12.8 Å². The Balaban J connectivity index is 1.79. The fraction of sp³-hybridized carbons (Fsp3) is 0.240. The van der Waals surface area contributed by atoms with Gasteiger partial charge in [-0.25, -0.2) is 0 Å². The molecule has 0 unspecified atom stereocenters. The number of ether oxygens (including phenoxy) is 1. The maximum Gasteiger partial charge on any atom is 0.189 e. The maximum absolute atomic E-state index is 12.6. The molecule has 0 bridgehead atoms. The summed E-state index contributed by atoms with van der Waals surface area (Å²) in [5.74, 6) is -0.466. The van der Waals surface area contributed by atoms with E-state index in [1.54, 1.807) is 24.3 Å². The summed E-state index contributed by atoms with van der Waals surface area (Å²) in [5, 5.41) is 29.5. The second-order valence-electron chi connectivity index (χ2n) is 7.89. The van der Waals surface area contributed by atoms with Gasteiger partial charge in [-0.1, -0.05) is 23.8 Å². The molecule has 2 aromatic carbocycles. The second-order valence-corrected chi connectivity index (χ2v) is 7.89. The fourth-order valence-electron chi connectivity index (χ4n) is 3.27. The van der Waals surface area contributed by atoms with E-state index >= 15 is 0 Å². The predicted octanol–water partition coefficient (Wildman–Crippen LogP) is 5.61. The molecule has 1 atom stereocenters. The summed E-state index contributed by atoms with van der Waals surface area (Å²) >= 11 is 0. The van der Waals surface area contributed by atoms with Crippen molar-refractivity contribution in [3.63, 3.8) is 0 Å². The Kier molecular flexibility index (Phi) is 6.01. The highest BCUT2D eigenvalue weighted by molar-refractivity contribution is 6.09. The highest BCUT2D eigenvalue weighted by atomic mass is 16.5. The summed E-state index contributed by atoms with van der Waals surface area (Å²) in [5.41, 5.74) is 1.98. The number of carbonyl (C=O) groups excluding carboxylic acids is 1. The normalized spacial score (nSPS) is 17.4. The van der Waals surface area contributed by atoms with Crippen LogP contribution in [0.3, 0.4) is 0 Å². The summed E-state index contributed by atoms with van der Waals surface area (Å²) in [6.07, 6.45) is 10.4. The van der Waals surface area contributed by atoms with Crippen LogP contribution in [0.15, 0.2) is 54.1 Å². The van der Waals surface area contributed by atoms with Crippen LogP contribution in [0.4, 0.5) is 0 Å². The highest BCUT2D eigenvalue weighted by Crippen LogP contribution is 2.40. The van der Waals surface area contributed by atoms with E-state index in [0.29, 0.717) is 16.9 Å². The Morgan fingerprint density at radius 2 is 1.87 bits per heavy atom. The number of aromatic hydroxyl groups is 3. The van der Waals surface area contributed by atoms with Crippen LogP contribution < -0.4 is 4.74 Å². The van der Waals surface area contributed by atoms with Gasteiger partial charge in [-0.2, -0.15) is 0 Å². The number of benzene rings is 2. The SMILES string of the molecule is CC(C)=CCC[C@@]1(C)C=Cc2c(ccc(C(=O)/C=C/c3ccc(O)c(O)c3)c2O)O1. The minimum atomic E-state index is -0.475. The van der Waals surface area contributed by atoms with Crippen LogP contribution in [-0.4, -0.2) is 26.7 Å². The molecule has 0 radical (unpaired) electrons. The molecule has 1 aliphatic rings. The molecule has 1 heterocycles. The second kappa shape index (κ2) is 8.49. The monoisotopic (exact) mass is 406 g/mol. The van der Waals surface area contributed by atoms with Crippen LogP contribution in [0.5, 0.6) is 23.0 Å². The van der Waals surface area contributed by atoms with Crippen molar-refractivity contribution in [1.82, 2.24) is 0 Å².